The van der Waals surface area contributed by atoms with Gasteiger partial charge in [0, 0.05) is 10.5 Å². The molecule has 1 aromatic carbocycles. The van der Waals surface area contributed by atoms with E-state index < -0.39 is 11.7 Å². The molecule has 8 nitrogen and oxygen atoms in total. The molecule has 3 rings (SSSR count). The van der Waals surface area contributed by atoms with Crippen LogP contribution in [0.1, 0.15) is 10.4 Å². The maximum atomic E-state index is 11.3. The maximum absolute atomic E-state index is 11.3. The Morgan fingerprint density at radius 1 is 1.38 bits per heavy atom. The molecule has 0 amide bonds. The summed E-state index contributed by atoms with van der Waals surface area (Å²) in [6.45, 7) is 0. The number of benzene rings is 1. The van der Waals surface area contributed by atoms with E-state index in [4.69, 9.17) is 9.84 Å². The van der Waals surface area contributed by atoms with Gasteiger partial charge >= 0.3 is 11.7 Å². The Kier molecular flexibility index (Phi) is 3.18. The Balaban J connectivity index is 2.03. The molecule has 0 spiro atoms. The standard InChI is InChI=1S/C12H7BrN4O4/c13-6-1-2-7(11(18)19)8(3-6)21-10-4-9-15-16-12(20)17(9)5-14-10/h1-5H,(H,16,20)(H,18,19). The molecule has 0 radical (unpaired) electrons. The number of hydrogen-bond acceptors (Lipinski definition) is 5. The van der Waals surface area contributed by atoms with Gasteiger partial charge in [0.2, 0.25) is 5.88 Å². The van der Waals surface area contributed by atoms with Gasteiger partial charge in [-0.3, -0.25) is 0 Å². The lowest BCUT2D eigenvalue weighted by molar-refractivity contribution is 0.0694. The molecule has 0 saturated heterocycles. The predicted octanol–water partition coefficient (Wildman–Crippen LogP) is 1.67. The number of carboxylic acids is 1. The highest BCUT2D eigenvalue weighted by molar-refractivity contribution is 9.10. The number of nitrogens with one attached hydrogen (secondary N) is 1. The highest BCUT2D eigenvalue weighted by Gasteiger charge is 2.13. The summed E-state index contributed by atoms with van der Waals surface area (Å²) in [5.41, 5.74) is -0.103. The zero-order valence-electron chi connectivity index (χ0n) is 10.3. The highest BCUT2D eigenvalue weighted by atomic mass is 79.9. The minimum atomic E-state index is -1.12. The molecule has 9 heteroatoms. The van der Waals surface area contributed by atoms with E-state index in [2.05, 4.69) is 31.1 Å². The van der Waals surface area contributed by atoms with Gasteiger partial charge in [-0.25, -0.2) is 24.1 Å². The largest absolute Gasteiger partial charge is 0.478 e. The second kappa shape index (κ2) is 5.02. The first-order valence-corrected chi connectivity index (χ1v) is 6.47. The summed E-state index contributed by atoms with van der Waals surface area (Å²) in [6.07, 6.45) is 1.24. The van der Waals surface area contributed by atoms with Crippen molar-refractivity contribution < 1.29 is 14.6 Å². The van der Waals surface area contributed by atoms with E-state index >= 15 is 0 Å². The zero-order valence-corrected chi connectivity index (χ0v) is 11.9. The lowest BCUT2D eigenvalue weighted by Crippen LogP contribution is -2.09. The number of aromatic amines is 1. The van der Waals surface area contributed by atoms with Gasteiger partial charge in [0.15, 0.2) is 5.65 Å². The lowest BCUT2D eigenvalue weighted by atomic mass is 10.2. The van der Waals surface area contributed by atoms with Crippen molar-refractivity contribution in [1.29, 1.82) is 0 Å². The lowest BCUT2D eigenvalue weighted by Gasteiger charge is -2.08. The minimum Gasteiger partial charge on any atom is -0.478 e. The van der Waals surface area contributed by atoms with E-state index in [9.17, 15) is 9.59 Å². The van der Waals surface area contributed by atoms with Crippen molar-refractivity contribution in [3.05, 3.63) is 51.1 Å². The van der Waals surface area contributed by atoms with E-state index in [1.807, 2.05) is 0 Å². The number of aromatic carboxylic acids is 1. The van der Waals surface area contributed by atoms with Crippen molar-refractivity contribution in [2.75, 3.05) is 0 Å². The fourth-order valence-electron chi connectivity index (χ4n) is 1.72. The van der Waals surface area contributed by atoms with Crippen molar-refractivity contribution in [3.63, 3.8) is 0 Å². The molecule has 0 atom stereocenters. The summed E-state index contributed by atoms with van der Waals surface area (Å²) in [6, 6.07) is 5.95. The molecule has 0 saturated carbocycles. The number of aromatic nitrogens is 4. The first-order valence-electron chi connectivity index (χ1n) is 5.68. The number of carbonyl (C=O) groups is 1. The topological polar surface area (TPSA) is 110 Å². The molecule has 3 aromatic rings. The molecule has 0 unspecified atom stereocenters. The zero-order chi connectivity index (χ0) is 15.0. The van der Waals surface area contributed by atoms with Gasteiger partial charge in [0.25, 0.3) is 0 Å². The molecule has 106 valence electrons. The average Bonchev–Trinajstić information content (AvgIpc) is 2.80. The van der Waals surface area contributed by atoms with Crippen molar-refractivity contribution >= 4 is 27.5 Å². The predicted molar refractivity (Wildman–Crippen MR) is 74.8 cm³/mol. The SMILES string of the molecule is O=C(O)c1ccc(Br)cc1Oc1cc2n[nH]c(=O)n2cn1. The Hall–Kier alpha value is -2.68. The highest BCUT2D eigenvalue weighted by Crippen LogP contribution is 2.27. The van der Waals surface area contributed by atoms with Gasteiger partial charge in [-0.05, 0) is 18.2 Å². The summed E-state index contributed by atoms with van der Waals surface area (Å²) < 4.78 is 7.34. The Bertz CT molecular complexity index is 902. The number of rotatable bonds is 3. The van der Waals surface area contributed by atoms with Crippen LogP contribution in [0.15, 0.2) is 39.9 Å². The number of halogens is 1. The van der Waals surface area contributed by atoms with Gasteiger partial charge in [-0.2, -0.15) is 5.10 Å². The van der Waals surface area contributed by atoms with Crippen molar-refractivity contribution in [2.24, 2.45) is 0 Å². The maximum Gasteiger partial charge on any atom is 0.348 e. The third-order valence-corrected chi connectivity index (χ3v) is 3.17. The van der Waals surface area contributed by atoms with Crippen molar-refractivity contribution in [3.8, 4) is 11.6 Å². The smallest absolute Gasteiger partial charge is 0.348 e. The fourth-order valence-corrected chi connectivity index (χ4v) is 2.06. The van der Waals surface area contributed by atoms with E-state index in [-0.39, 0.29) is 17.2 Å². The van der Waals surface area contributed by atoms with Gasteiger partial charge < -0.3 is 9.84 Å². The molecule has 2 N–H and O–H groups in total. The normalized spacial score (nSPS) is 10.7. The number of H-pyrrole nitrogens is 1. The summed E-state index contributed by atoms with van der Waals surface area (Å²) in [7, 11) is 0. The van der Waals surface area contributed by atoms with Gasteiger partial charge in [-0.1, -0.05) is 15.9 Å². The number of nitrogens with zero attached hydrogens (tertiary/aromatic N) is 3. The van der Waals surface area contributed by atoms with Crippen molar-refractivity contribution in [2.45, 2.75) is 0 Å². The molecule has 0 aliphatic carbocycles. The number of carboxylic acid groups (broad SMARTS) is 1. The first-order chi connectivity index (χ1) is 10.0. The van der Waals surface area contributed by atoms with Crippen LogP contribution in [0.4, 0.5) is 0 Å². The summed E-state index contributed by atoms with van der Waals surface area (Å²) in [5, 5.41) is 15.2. The van der Waals surface area contributed by atoms with E-state index in [1.165, 1.54) is 28.9 Å². The van der Waals surface area contributed by atoms with Crippen LogP contribution in [-0.4, -0.2) is 30.7 Å². The number of hydrogen-bond donors (Lipinski definition) is 2. The molecule has 0 fully saturated rings. The Labute approximate surface area is 125 Å². The van der Waals surface area contributed by atoms with Crippen LogP contribution in [-0.2, 0) is 0 Å². The molecular weight excluding hydrogens is 344 g/mol. The fraction of sp³-hybridized carbons (Fsp3) is 0. The Morgan fingerprint density at radius 3 is 2.95 bits per heavy atom. The van der Waals surface area contributed by atoms with Crippen molar-refractivity contribution in [1.82, 2.24) is 19.6 Å². The van der Waals surface area contributed by atoms with Gasteiger partial charge in [-0.15, -0.1) is 0 Å². The van der Waals surface area contributed by atoms with Crippen LogP contribution in [0.25, 0.3) is 5.65 Å². The van der Waals surface area contributed by atoms with E-state index in [0.29, 0.717) is 10.1 Å². The summed E-state index contributed by atoms with van der Waals surface area (Å²) in [4.78, 5) is 26.4. The molecule has 2 aromatic heterocycles. The Morgan fingerprint density at radius 2 is 2.19 bits per heavy atom. The molecule has 2 heterocycles. The minimum absolute atomic E-state index is 0.000656. The average molecular weight is 351 g/mol. The molecule has 0 bridgehead atoms. The summed E-state index contributed by atoms with van der Waals surface area (Å²) in [5.74, 6) is -0.858. The quantitative estimate of drug-likeness (QED) is 0.743. The van der Waals surface area contributed by atoms with Crippen LogP contribution in [0.2, 0.25) is 0 Å². The number of fused-ring (bicyclic) bond motifs is 1. The third-order valence-electron chi connectivity index (χ3n) is 2.67. The second-order valence-electron chi connectivity index (χ2n) is 4.03. The molecular formula is C12H7BrN4O4. The second-order valence-corrected chi connectivity index (χ2v) is 4.95. The number of ether oxygens (including phenoxy) is 1. The molecule has 21 heavy (non-hydrogen) atoms. The molecule has 0 aliphatic heterocycles. The van der Waals surface area contributed by atoms with Crippen LogP contribution in [0.3, 0.4) is 0 Å². The van der Waals surface area contributed by atoms with E-state index in [1.54, 1.807) is 6.07 Å². The van der Waals surface area contributed by atoms with Gasteiger partial charge in [0.05, 0.1) is 0 Å². The van der Waals surface area contributed by atoms with Crippen LogP contribution < -0.4 is 10.4 Å². The third kappa shape index (κ3) is 2.50. The van der Waals surface area contributed by atoms with E-state index in [0.717, 1.165) is 0 Å². The monoisotopic (exact) mass is 350 g/mol. The van der Waals surface area contributed by atoms with Crippen LogP contribution >= 0.6 is 15.9 Å². The van der Waals surface area contributed by atoms with Crippen LogP contribution in [0, 0.1) is 0 Å². The summed E-state index contributed by atoms with van der Waals surface area (Å²) >= 11 is 3.25. The molecule has 0 aliphatic rings. The first kappa shape index (κ1) is 13.3. The van der Waals surface area contributed by atoms with Crippen LogP contribution in [0.5, 0.6) is 11.6 Å². The van der Waals surface area contributed by atoms with Gasteiger partial charge in [0.1, 0.15) is 17.6 Å².